The maximum Gasteiger partial charge on any atom is 0.142 e. The Labute approximate surface area is 111 Å². The van der Waals surface area contributed by atoms with Gasteiger partial charge in [0, 0.05) is 22.7 Å². The predicted molar refractivity (Wildman–Crippen MR) is 70.2 cm³/mol. The van der Waals surface area contributed by atoms with Crippen LogP contribution in [0.5, 0.6) is 0 Å². The molecule has 3 atom stereocenters. The minimum atomic E-state index is -0.414. The predicted octanol–water partition coefficient (Wildman–Crippen LogP) is 4.58. The molecule has 0 spiro atoms. The second kappa shape index (κ2) is 5.13. The van der Waals surface area contributed by atoms with E-state index in [4.69, 9.17) is 23.2 Å². The van der Waals surface area contributed by atoms with Crippen molar-refractivity contribution in [3.8, 4) is 0 Å². The summed E-state index contributed by atoms with van der Waals surface area (Å²) in [6.45, 7) is 4.15. The molecule has 4 heteroatoms. The Morgan fingerprint density at radius 2 is 2.18 bits per heavy atom. The molecule has 0 aliphatic heterocycles. The first-order valence-corrected chi connectivity index (χ1v) is 6.69. The van der Waals surface area contributed by atoms with Gasteiger partial charge in [0.15, 0.2) is 0 Å². The number of rotatable bonds is 4. The monoisotopic (exact) mass is 275 g/mol. The Balaban J connectivity index is 2.13. The van der Waals surface area contributed by atoms with Crippen molar-refractivity contribution in [3.05, 3.63) is 33.6 Å². The van der Waals surface area contributed by atoms with E-state index in [9.17, 15) is 4.39 Å². The number of halogens is 3. The van der Waals surface area contributed by atoms with Crippen molar-refractivity contribution in [2.24, 2.45) is 5.92 Å². The highest BCUT2D eigenvalue weighted by Gasteiger charge is 2.36. The zero-order chi connectivity index (χ0) is 12.6. The molecule has 0 bridgehead atoms. The highest BCUT2D eigenvalue weighted by Crippen LogP contribution is 2.38. The van der Waals surface area contributed by atoms with Gasteiger partial charge >= 0.3 is 0 Å². The lowest BCUT2D eigenvalue weighted by Crippen LogP contribution is -2.23. The molecular weight excluding hydrogens is 260 g/mol. The molecular formula is C13H16Cl2FN. The molecule has 1 aromatic rings. The minimum absolute atomic E-state index is 0.0211. The number of hydrogen-bond acceptors (Lipinski definition) is 1. The van der Waals surface area contributed by atoms with Crippen molar-refractivity contribution in [2.45, 2.75) is 38.8 Å². The largest absolute Gasteiger partial charge is 0.307 e. The first kappa shape index (κ1) is 13.1. The molecule has 1 aromatic carbocycles. The van der Waals surface area contributed by atoms with E-state index in [0.717, 1.165) is 5.92 Å². The summed E-state index contributed by atoms with van der Waals surface area (Å²) in [6.07, 6.45) is 2.36. The van der Waals surface area contributed by atoms with E-state index in [2.05, 4.69) is 12.2 Å². The zero-order valence-electron chi connectivity index (χ0n) is 9.93. The lowest BCUT2D eigenvalue weighted by Gasteiger charge is -2.17. The SMILES string of the molecule is CCC1CC1NC(C)c1c(Cl)ccc(F)c1Cl. The smallest absolute Gasteiger partial charge is 0.142 e. The first-order valence-electron chi connectivity index (χ1n) is 5.94. The van der Waals surface area contributed by atoms with Crippen molar-refractivity contribution in [1.29, 1.82) is 0 Å². The summed E-state index contributed by atoms with van der Waals surface area (Å²) >= 11 is 12.0. The van der Waals surface area contributed by atoms with E-state index in [-0.39, 0.29) is 11.1 Å². The summed E-state index contributed by atoms with van der Waals surface area (Å²) in [5, 5.41) is 4.09. The molecule has 17 heavy (non-hydrogen) atoms. The Hall–Kier alpha value is -0.310. The fraction of sp³-hybridized carbons (Fsp3) is 0.538. The van der Waals surface area contributed by atoms with Crippen LogP contribution in [0.4, 0.5) is 4.39 Å². The van der Waals surface area contributed by atoms with Gasteiger partial charge in [-0.1, -0.05) is 36.5 Å². The van der Waals surface area contributed by atoms with Gasteiger partial charge in [0.2, 0.25) is 0 Å². The first-order chi connectivity index (χ1) is 8.04. The van der Waals surface area contributed by atoms with Crippen LogP contribution in [0.15, 0.2) is 12.1 Å². The summed E-state index contributed by atoms with van der Waals surface area (Å²) in [5.41, 5.74) is 0.662. The van der Waals surface area contributed by atoms with Crippen LogP contribution in [0, 0.1) is 11.7 Å². The number of hydrogen-bond donors (Lipinski definition) is 1. The van der Waals surface area contributed by atoms with Crippen LogP contribution in [-0.2, 0) is 0 Å². The fourth-order valence-corrected chi connectivity index (χ4v) is 2.95. The van der Waals surface area contributed by atoms with Gasteiger partial charge in [-0.25, -0.2) is 4.39 Å². The second-order valence-electron chi connectivity index (χ2n) is 4.66. The second-order valence-corrected chi connectivity index (χ2v) is 5.44. The van der Waals surface area contributed by atoms with Gasteiger partial charge in [-0.3, -0.25) is 0 Å². The third-order valence-corrected chi connectivity index (χ3v) is 4.14. The van der Waals surface area contributed by atoms with Crippen molar-refractivity contribution in [1.82, 2.24) is 5.32 Å². The van der Waals surface area contributed by atoms with Crippen LogP contribution in [0.1, 0.15) is 38.3 Å². The Kier molecular flexibility index (Phi) is 3.96. The van der Waals surface area contributed by atoms with Crippen LogP contribution >= 0.6 is 23.2 Å². The standard InChI is InChI=1S/C13H16Cl2FN/c1-3-8-6-11(8)17-7(2)12-9(14)4-5-10(16)13(12)15/h4-5,7-8,11,17H,3,6H2,1-2H3. The van der Waals surface area contributed by atoms with Gasteiger partial charge in [-0.2, -0.15) is 0 Å². The Bertz CT molecular complexity index is 422. The third-order valence-electron chi connectivity index (χ3n) is 3.42. The summed E-state index contributed by atoms with van der Waals surface area (Å²) in [6, 6.07) is 3.35. The van der Waals surface area contributed by atoms with E-state index in [1.807, 2.05) is 6.92 Å². The zero-order valence-corrected chi connectivity index (χ0v) is 11.4. The number of benzene rings is 1. The summed E-state index contributed by atoms with van der Waals surface area (Å²) < 4.78 is 13.4. The molecule has 1 saturated carbocycles. The van der Waals surface area contributed by atoms with Gasteiger partial charge < -0.3 is 5.32 Å². The van der Waals surface area contributed by atoms with Crippen LogP contribution < -0.4 is 5.32 Å². The lowest BCUT2D eigenvalue weighted by atomic mass is 10.1. The van der Waals surface area contributed by atoms with Gasteiger partial charge in [0.05, 0.1) is 5.02 Å². The summed E-state index contributed by atoms with van der Waals surface area (Å²) in [7, 11) is 0. The topological polar surface area (TPSA) is 12.0 Å². The molecule has 1 fully saturated rings. The highest BCUT2D eigenvalue weighted by molar-refractivity contribution is 6.36. The quantitative estimate of drug-likeness (QED) is 0.793. The molecule has 0 radical (unpaired) electrons. The minimum Gasteiger partial charge on any atom is -0.307 e. The third kappa shape index (κ3) is 2.75. The summed E-state index contributed by atoms with van der Waals surface area (Å²) in [4.78, 5) is 0. The van der Waals surface area contributed by atoms with E-state index < -0.39 is 5.82 Å². The van der Waals surface area contributed by atoms with Crippen molar-refractivity contribution in [3.63, 3.8) is 0 Å². The van der Waals surface area contributed by atoms with E-state index in [0.29, 0.717) is 16.6 Å². The molecule has 1 nitrogen and oxygen atoms in total. The van der Waals surface area contributed by atoms with Crippen LogP contribution in [0.2, 0.25) is 10.0 Å². The molecule has 3 unspecified atom stereocenters. The Morgan fingerprint density at radius 3 is 2.76 bits per heavy atom. The molecule has 0 amide bonds. The fourth-order valence-electron chi connectivity index (χ4n) is 2.25. The molecule has 1 aliphatic carbocycles. The van der Waals surface area contributed by atoms with E-state index in [1.165, 1.54) is 18.9 Å². The van der Waals surface area contributed by atoms with Crippen molar-refractivity contribution in [2.75, 3.05) is 0 Å². The molecule has 1 aliphatic rings. The van der Waals surface area contributed by atoms with Crippen LogP contribution in [0.25, 0.3) is 0 Å². The maximum absolute atomic E-state index is 13.4. The Morgan fingerprint density at radius 1 is 1.47 bits per heavy atom. The van der Waals surface area contributed by atoms with Gasteiger partial charge in [-0.15, -0.1) is 0 Å². The molecule has 1 N–H and O–H groups in total. The van der Waals surface area contributed by atoms with E-state index >= 15 is 0 Å². The summed E-state index contributed by atoms with van der Waals surface area (Å²) in [5.74, 6) is 0.325. The van der Waals surface area contributed by atoms with Gasteiger partial charge in [0.25, 0.3) is 0 Å². The molecule has 0 heterocycles. The molecule has 0 saturated heterocycles. The van der Waals surface area contributed by atoms with Crippen LogP contribution in [-0.4, -0.2) is 6.04 Å². The van der Waals surface area contributed by atoms with Gasteiger partial charge in [0.1, 0.15) is 5.82 Å². The average molecular weight is 276 g/mol. The van der Waals surface area contributed by atoms with E-state index in [1.54, 1.807) is 6.07 Å². The number of nitrogens with one attached hydrogen (secondary N) is 1. The van der Waals surface area contributed by atoms with Crippen LogP contribution in [0.3, 0.4) is 0 Å². The lowest BCUT2D eigenvalue weighted by molar-refractivity contribution is 0.534. The van der Waals surface area contributed by atoms with Gasteiger partial charge in [-0.05, 0) is 31.4 Å². The molecule has 94 valence electrons. The highest BCUT2D eigenvalue weighted by atomic mass is 35.5. The average Bonchev–Trinajstić information content (AvgIpc) is 3.02. The van der Waals surface area contributed by atoms with Crippen molar-refractivity contribution < 1.29 is 4.39 Å². The van der Waals surface area contributed by atoms with Crippen molar-refractivity contribution >= 4 is 23.2 Å². The molecule has 2 rings (SSSR count). The maximum atomic E-state index is 13.4. The molecule has 0 aromatic heterocycles. The normalized spacial score (nSPS) is 24.8.